The standard InChI is InChI=1S/C15H15NO2S/c1-12-8-10-13(11-9-12)15(17)16-19(2,18)14-6-4-3-5-7-14/h3-11H,1-2H3. The minimum atomic E-state index is -2.69. The number of hydrogen-bond acceptors (Lipinski definition) is 2. The molecule has 0 saturated heterocycles. The topological polar surface area (TPSA) is 46.5 Å². The number of carbonyl (C=O) groups is 1. The fraction of sp³-hybridized carbons (Fsp3) is 0.133. The number of benzene rings is 2. The number of rotatable bonds is 2. The lowest BCUT2D eigenvalue weighted by molar-refractivity contribution is 0.100. The molecule has 0 heterocycles. The second kappa shape index (κ2) is 5.36. The molecule has 0 N–H and O–H groups in total. The van der Waals surface area contributed by atoms with Gasteiger partial charge < -0.3 is 0 Å². The number of amides is 1. The smallest absolute Gasteiger partial charge is 0.266 e. The highest BCUT2D eigenvalue weighted by Gasteiger charge is 2.10. The van der Waals surface area contributed by atoms with Crippen molar-refractivity contribution in [2.24, 2.45) is 4.36 Å². The molecule has 0 spiro atoms. The van der Waals surface area contributed by atoms with Crippen LogP contribution < -0.4 is 0 Å². The SMILES string of the molecule is Cc1ccc(C(=O)N=S(C)(=O)c2ccccc2)cc1. The van der Waals surface area contributed by atoms with E-state index in [0.717, 1.165) is 5.56 Å². The minimum Gasteiger partial charge on any atom is -0.266 e. The molecule has 0 aromatic heterocycles. The second-order valence-corrected chi connectivity index (χ2v) is 6.64. The summed E-state index contributed by atoms with van der Waals surface area (Å²) in [6.07, 6.45) is 1.48. The van der Waals surface area contributed by atoms with E-state index in [1.165, 1.54) is 6.26 Å². The summed E-state index contributed by atoms with van der Waals surface area (Å²) in [5, 5.41) is 0. The maximum atomic E-state index is 12.5. The Morgan fingerprint density at radius 2 is 1.58 bits per heavy atom. The molecule has 0 fully saturated rings. The van der Waals surface area contributed by atoms with Crippen LogP contribution in [0.15, 0.2) is 63.9 Å². The van der Waals surface area contributed by atoms with E-state index in [2.05, 4.69) is 4.36 Å². The predicted octanol–water partition coefficient (Wildman–Crippen LogP) is 3.29. The summed E-state index contributed by atoms with van der Waals surface area (Å²) in [4.78, 5) is 12.6. The zero-order valence-corrected chi connectivity index (χ0v) is 11.7. The molecule has 2 aromatic rings. The molecule has 1 amide bonds. The molecule has 0 bridgehead atoms. The highest BCUT2D eigenvalue weighted by molar-refractivity contribution is 7.93. The van der Waals surface area contributed by atoms with Crippen molar-refractivity contribution >= 4 is 15.6 Å². The van der Waals surface area contributed by atoms with Crippen LogP contribution in [-0.4, -0.2) is 16.4 Å². The van der Waals surface area contributed by atoms with Crippen molar-refractivity contribution in [2.45, 2.75) is 11.8 Å². The first-order chi connectivity index (χ1) is 8.99. The van der Waals surface area contributed by atoms with Crippen LogP contribution in [0.2, 0.25) is 0 Å². The Labute approximate surface area is 113 Å². The zero-order chi connectivity index (χ0) is 13.9. The third-order valence-corrected chi connectivity index (χ3v) is 4.40. The molecule has 3 nitrogen and oxygen atoms in total. The first-order valence-corrected chi connectivity index (χ1v) is 7.79. The lowest BCUT2D eigenvalue weighted by atomic mass is 10.1. The average Bonchev–Trinajstić information content (AvgIpc) is 2.40. The van der Waals surface area contributed by atoms with Crippen molar-refractivity contribution in [3.63, 3.8) is 0 Å². The fourth-order valence-electron chi connectivity index (χ4n) is 1.63. The molecular weight excluding hydrogens is 258 g/mol. The van der Waals surface area contributed by atoms with Gasteiger partial charge in [0.2, 0.25) is 0 Å². The Balaban J connectivity index is 2.38. The second-order valence-electron chi connectivity index (χ2n) is 4.38. The van der Waals surface area contributed by atoms with Gasteiger partial charge in [0, 0.05) is 16.7 Å². The van der Waals surface area contributed by atoms with Crippen LogP contribution in [0.1, 0.15) is 15.9 Å². The number of nitrogens with zero attached hydrogens (tertiary/aromatic N) is 1. The van der Waals surface area contributed by atoms with Gasteiger partial charge in [-0.05, 0) is 31.2 Å². The lowest BCUT2D eigenvalue weighted by Gasteiger charge is -2.03. The molecule has 1 atom stereocenters. The molecule has 19 heavy (non-hydrogen) atoms. The van der Waals surface area contributed by atoms with Gasteiger partial charge in [0.1, 0.15) is 0 Å². The van der Waals surface area contributed by atoms with E-state index in [1.807, 2.05) is 25.1 Å². The van der Waals surface area contributed by atoms with Gasteiger partial charge in [-0.1, -0.05) is 35.9 Å². The molecule has 0 radical (unpaired) electrons. The molecular formula is C15H15NO2S. The summed E-state index contributed by atoms with van der Waals surface area (Å²) in [6.45, 7) is 1.94. The monoisotopic (exact) mass is 273 g/mol. The van der Waals surface area contributed by atoms with Crippen molar-refractivity contribution in [1.82, 2.24) is 0 Å². The Hall–Kier alpha value is -1.94. The molecule has 0 aliphatic carbocycles. The van der Waals surface area contributed by atoms with Gasteiger partial charge in [0.15, 0.2) is 0 Å². The van der Waals surface area contributed by atoms with Crippen molar-refractivity contribution in [2.75, 3.05) is 6.26 Å². The molecule has 4 heteroatoms. The first-order valence-electron chi connectivity index (χ1n) is 5.87. The lowest BCUT2D eigenvalue weighted by Crippen LogP contribution is -2.03. The molecule has 1 unspecified atom stereocenters. The third kappa shape index (κ3) is 3.29. The largest absolute Gasteiger partial charge is 0.285 e. The maximum absolute atomic E-state index is 12.5. The van der Waals surface area contributed by atoms with Crippen LogP contribution in [-0.2, 0) is 9.73 Å². The van der Waals surface area contributed by atoms with Gasteiger partial charge in [-0.15, -0.1) is 0 Å². The minimum absolute atomic E-state index is 0.448. The van der Waals surface area contributed by atoms with Gasteiger partial charge in [-0.3, -0.25) is 4.79 Å². The van der Waals surface area contributed by atoms with E-state index in [1.54, 1.807) is 36.4 Å². The van der Waals surface area contributed by atoms with E-state index in [0.29, 0.717) is 10.5 Å². The number of aryl methyl sites for hydroxylation is 1. The molecule has 0 saturated carbocycles. The molecule has 0 aliphatic heterocycles. The normalized spacial score (nSPS) is 13.6. The Kier molecular flexibility index (Phi) is 3.81. The fourth-order valence-corrected chi connectivity index (χ4v) is 2.82. The van der Waals surface area contributed by atoms with E-state index in [4.69, 9.17) is 0 Å². The molecule has 98 valence electrons. The Morgan fingerprint density at radius 1 is 1.00 bits per heavy atom. The van der Waals surface area contributed by atoms with E-state index in [-0.39, 0.29) is 0 Å². The Morgan fingerprint density at radius 3 is 2.16 bits per heavy atom. The third-order valence-electron chi connectivity index (χ3n) is 2.74. The van der Waals surface area contributed by atoms with Crippen molar-refractivity contribution in [3.05, 3.63) is 65.7 Å². The summed E-state index contributed by atoms with van der Waals surface area (Å²) < 4.78 is 16.3. The van der Waals surface area contributed by atoms with Gasteiger partial charge in [-0.25, -0.2) is 4.21 Å². The molecule has 2 rings (SSSR count). The van der Waals surface area contributed by atoms with Crippen molar-refractivity contribution in [3.8, 4) is 0 Å². The predicted molar refractivity (Wildman–Crippen MR) is 76.7 cm³/mol. The van der Waals surface area contributed by atoms with Gasteiger partial charge >= 0.3 is 0 Å². The number of carbonyl (C=O) groups excluding carboxylic acids is 1. The summed E-state index contributed by atoms with van der Waals surface area (Å²) >= 11 is 0. The van der Waals surface area contributed by atoms with E-state index < -0.39 is 15.6 Å². The maximum Gasteiger partial charge on any atom is 0.285 e. The quantitative estimate of drug-likeness (QED) is 0.843. The highest BCUT2D eigenvalue weighted by Crippen LogP contribution is 2.13. The Bertz CT molecular complexity index is 697. The summed E-state index contributed by atoms with van der Waals surface area (Å²) in [5.41, 5.74) is 1.52. The summed E-state index contributed by atoms with van der Waals surface area (Å²) in [5.74, 6) is -0.448. The van der Waals surface area contributed by atoms with Gasteiger partial charge in [-0.2, -0.15) is 4.36 Å². The van der Waals surface area contributed by atoms with Crippen LogP contribution in [0, 0.1) is 6.92 Å². The summed E-state index contributed by atoms with van der Waals surface area (Å²) in [6, 6.07) is 15.9. The van der Waals surface area contributed by atoms with E-state index in [9.17, 15) is 9.00 Å². The molecule has 0 aliphatic rings. The van der Waals surface area contributed by atoms with Gasteiger partial charge in [0.05, 0.1) is 9.73 Å². The van der Waals surface area contributed by atoms with Crippen LogP contribution in [0.25, 0.3) is 0 Å². The number of hydrogen-bond donors (Lipinski definition) is 0. The van der Waals surface area contributed by atoms with Crippen LogP contribution in [0.3, 0.4) is 0 Å². The van der Waals surface area contributed by atoms with Crippen LogP contribution in [0.5, 0.6) is 0 Å². The highest BCUT2D eigenvalue weighted by atomic mass is 32.2. The van der Waals surface area contributed by atoms with Gasteiger partial charge in [0.25, 0.3) is 5.91 Å². The first kappa shape index (κ1) is 13.5. The van der Waals surface area contributed by atoms with E-state index >= 15 is 0 Å². The summed E-state index contributed by atoms with van der Waals surface area (Å²) in [7, 11) is -2.69. The van der Waals surface area contributed by atoms with Crippen LogP contribution in [0.4, 0.5) is 0 Å². The average molecular weight is 273 g/mol. The molecule has 2 aromatic carbocycles. The van der Waals surface area contributed by atoms with Crippen molar-refractivity contribution in [1.29, 1.82) is 0 Å². The van der Waals surface area contributed by atoms with Crippen molar-refractivity contribution < 1.29 is 9.00 Å². The van der Waals surface area contributed by atoms with Crippen LogP contribution >= 0.6 is 0 Å². The zero-order valence-electron chi connectivity index (χ0n) is 10.9.